The van der Waals surface area contributed by atoms with Gasteiger partial charge in [-0.15, -0.1) is 0 Å². The van der Waals surface area contributed by atoms with Crippen LogP contribution in [0.15, 0.2) is 42.7 Å². The van der Waals surface area contributed by atoms with Gasteiger partial charge in [-0.1, -0.05) is 26.0 Å². The summed E-state index contributed by atoms with van der Waals surface area (Å²) in [4.78, 5) is 15.1. The Kier molecular flexibility index (Phi) is 6.61. The smallest absolute Gasteiger partial charge is 0.337 e. The molecule has 2 N–H and O–H groups in total. The zero-order valence-electron chi connectivity index (χ0n) is 14.2. The summed E-state index contributed by atoms with van der Waals surface area (Å²) in [6.07, 6.45) is 5.53. The van der Waals surface area contributed by atoms with E-state index in [9.17, 15) is 4.79 Å². The Morgan fingerprint density at radius 1 is 1.33 bits per heavy atom. The Bertz CT molecular complexity index is 669. The summed E-state index contributed by atoms with van der Waals surface area (Å²) < 4.78 is 5.75. The summed E-state index contributed by atoms with van der Waals surface area (Å²) in [7, 11) is 0. The van der Waals surface area contributed by atoms with Crippen molar-refractivity contribution in [3.05, 3.63) is 53.9 Å². The van der Waals surface area contributed by atoms with Crippen LogP contribution in [0.1, 0.15) is 42.6 Å². The van der Waals surface area contributed by atoms with Crippen LogP contribution in [0.4, 0.5) is 5.69 Å². The van der Waals surface area contributed by atoms with Gasteiger partial charge < -0.3 is 15.2 Å². The Balaban J connectivity index is 0.00000100. The fourth-order valence-electron chi connectivity index (χ4n) is 2.16. The topological polar surface area (TPSA) is 71.5 Å². The molecule has 1 aliphatic carbocycles. The molecule has 128 valence electrons. The molecule has 1 saturated carbocycles. The van der Waals surface area contributed by atoms with Crippen LogP contribution in [0.3, 0.4) is 0 Å². The molecule has 3 rings (SSSR count). The van der Waals surface area contributed by atoms with Crippen LogP contribution in [-0.2, 0) is 6.54 Å². The number of hydrogen-bond donors (Lipinski definition) is 2. The van der Waals surface area contributed by atoms with Crippen molar-refractivity contribution < 1.29 is 14.6 Å². The molecule has 1 aromatic carbocycles. The summed E-state index contributed by atoms with van der Waals surface area (Å²) in [5.74, 6) is 0.609. The average molecular weight is 328 g/mol. The van der Waals surface area contributed by atoms with Crippen molar-refractivity contribution in [2.45, 2.75) is 33.2 Å². The average Bonchev–Trinajstić information content (AvgIpc) is 3.45. The summed E-state index contributed by atoms with van der Waals surface area (Å²) in [5, 5.41) is 12.3. The maximum absolute atomic E-state index is 11.2. The Hall–Kier alpha value is -2.56. The lowest BCUT2D eigenvalue weighted by atomic mass is 10.2. The fraction of sp³-hybridized carbons (Fsp3) is 0.368. The maximum atomic E-state index is 11.2. The van der Waals surface area contributed by atoms with E-state index in [1.54, 1.807) is 0 Å². The second-order valence-electron chi connectivity index (χ2n) is 5.48. The normalized spacial score (nSPS) is 12.8. The number of aromatic nitrogens is 1. The van der Waals surface area contributed by atoms with Crippen molar-refractivity contribution in [1.29, 1.82) is 0 Å². The van der Waals surface area contributed by atoms with E-state index in [1.165, 1.54) is 31.3 Å². The van der Waals surface area contributed by atoms with Gasteiger partial charge in [-0.25, -0.2) is 4.79 Å². The highest BCUT2D eigenvalue weighted by Gasteiger charge is 2.21. The SMILES string of the molecule is CC.O=C(O)c1ccncc1NCc1cccc(OCC2CC2)c1. The summed E-state index contributed by atoms with van der Waals surface area (Å²) in [5.41, 5.74) is 1.77. The number of benzene rings is 1. The molecule has 0 aliphatic heterocycles. The number of carboxylic acids is 1. The number of anilines is 1. The van der Waals surface area contributed by atoms with E-state index in [-0.39, 0.29) is 5.56 Å². The van der Waals surface area contributed by atoms with Crippen LogP contribution in [0.25, 0.3) is 0 Å². The van der Waals surface area contributed by atoms with Crippen LogP contribution in [0, 0.1) is 5.92 Å². The molecule has 0 spiro atoms. The molecule has 5 heteroatoms. The number of hydrogen-bond acceptors (Lipinski definition) is 4. The van der Waals surface area contributed by atoms with Gasteiger partial charge in [-0.05, 0) is 42.5 Å². The quantitative estimate of drug-likeness (QED) is 0.797. The van der Waals surface area contributed by atoms with E-state index in [0.29, 0.717) is 12.2 Å². The van der Waals surface area contributed by atoms with E-state index in [0.717, 1.165) is 23.8 Å². The number of nitrogens with zero attached hydrogens (tertiary/aromatic N) is 1. The summed E-state index contributed by atoms with van der Waals surface area (Å²) in [6.45, 7) is 5.30. The molecule has 0 amide bonds. The van der Waals surface area contributed by atoms with Gasteiger partial charge in [-0.2, -0.15) is 0 Å². The molecule has 0 bridgehead atoms. The van der Waals surface area contributed by atoms with Gasteiger partial charge in [0.1, 0.15) is 5.75 Å². The molecule has 1 aromatic heterocycles. The van der Waals surface area contributed by atoms with Crippen molar-refractivity contribution >= 4 is 11.7 Å². The first-order chi connectivity index (χ1) is 11.7. The first kappa shape index (κ1) is 17.8. The molecule has 1 fully saturated rings. The number of rotatable bonds is 7. The summed E-state index contributed by atoms with van der Waals surface area (Å²) in [6, 6.07) is 9.33. The van der Waals surface area contributed by atoms with Gasteiger partial charge in [0, 0.05) is 12.7 Å². The molecule has 1 heterocycles. The molecular weight excluding hydrogens is 304 g/mol. The maximum Gasteiger partial charge on any atom is 0.337 e. The van der Waals surface area contributed by atoms with Gasteiger partial charge in [0.2, 0.25) is 0 Å². The second-order valence-corrected chi connectivity index (χ2v) is 5.48. The van der Waals surface area contributed by atoms with Crippen LogP contribution in [-0.4, -0.2) is 22.7 Å². The van der Waals surface area contributed by atoms with Crippen LogP contribution >= 0.6 is 0 Å². The molecule has 0 saturated heterocycles. The van der Waals surface area contributed by atoms with Gasteiger partial charge in [0.15, 0.2) is 0 Å². The minimum Gasteiger partial charge on any atom is -0.493 e. The largest absolute Gasteiger partial charge is 0.493 e. The lowest BCUT2D eigenvalue weighted by Gasteiger charge is -2.10. The highest BCUT2D eigenvalue weighted by molar-refractivity contribution is 5.93. The number of ether oxygens (including phenoxy) is 1. The van der Waals surface area contributed by atoms with E-state index in [4.69, 9.17) is 9.84 Å². The van der Waals surface area contributed by atoms with Gasteiger partial charge in [-0.3, -0.25) is 4.98 Å². The first-order valence-corrected chi connectivity index (χ1v) is 8.35. The van der Waals surface area contributed by atoms with Crippen LogP contribution < -0.4 is 10.1 Å². The Labute approximate surface area is 142 Å². The minimum absolute atomic E-state index is 0.219. The third kappa shape index (κ3) is 5.26. The lowest BCUT2D eigenvalue weighted by molar-refractivity contribution is 0.0698. The van der Waals surface area contributed by atoms with E-state index >= 15 is 0 Å². The predicted octanol–water partition coefficient (Wildman–Crippen LogP) is 4.21. The van der Waals surface area contributed by atoms with Crippen molar-refractivity contribution in [2.24, 2.45) is 5.92 Å². The Morgan fingerprint density at radius 3 is 2.83 bits per heavy atom. The zero-order chi connectivity index (χ0) is 17.4. The standard InChI is InChI=1S/C17H18N2O3.C2H6/c20-17(21)15-6-7-18-10-16(15)19-9-13-2-1-3-14(8-13)22-11-12-4-5-12;1-2/h1-3,6-8,10,12,19H,4-5,9,11H2,(H,20,21);1-2H3. The van der Waals surface area contributed by atoms with Gasteiger partial charge in [0.25, 0.3) is 0 Å². The minimum atomic E-state index is -0.966. The molecule has 5 nitrogen and oxygen atoms in total. The fourth-order valence-corrected chi connectivity index (χ4v) is 2.16. The number of carbonyl (C=O) groups is 1. The van der Waals surface area contributed by atoms with Gasteiger partial charge >= 0.3 is 5.97 Å². The molecule has 24 heavy (non-hydrogen) atoms. The Morgan fingerprint density at radius 2 is 2.12 bits per heavy atom. The van der Waals surface area contributed by atoms with E-state index < -0.39 is 5.97 Å². The number of nitrogens with one attached hydrogen (secondary N) is 1. The second kappa shape index (κ2) is 8.91. The van der Waals surface area contributed by atoms with Crippen molar-refractivity contribution in [2.75, 3.05) is 11.9 Å². The monoisotopic (exact) mass is 328 g/mol. The molecular formula is C19H24N2O3. The molecule has 0 unspecified atom stereocenters. The summed E-state index contributed by atoms with van der Waals surface area (Å²) >= 11 is 0. The predicted molar refractivity (Wildman–Crippen MR) is 94.5 cm³/mol. The number of pyridine rings is 1. The van der Waals surface area contributed by atoms with E-state index in [2.05, 4.69) is 10.3 Å². The number of aromatic carboxylic acids is 1. The molecule has 1 aliphatic rings. The molecule has 2 aromatic rings. The zero-order valence-corrected chi connectivity index (χ0v) is 14.2. The number of carboxylic acid groups (broad SMARTS) is 1. The van der Waals surface area contributed by atoms with Gasteiger partial charge in [0.05, 0.1) is 24.1 Å². The highest BCUT2D eigenvalue weighted by atomic mass is 16.5. The highest BCUT2D eigenvalue weighted by Crippen LogP contribution is 2.29. The molecule has 0 radical (unpaired) electrons. The van der Waals surface area contributed by atoms with Crippen LogP contribution in [0.5, 0.6) is 5.75 Å². The lowest BCUT2D eigenvalue weighted by Crippen LogP contribution is -2.07. The van der Waals surface area contributed by atoms with Crippen molar-refractivity contribution in [1.82, 2.24) is 4.98 Å². The first-order valence-electron chi connectivity index (χ1n) is 8.35. The van der Waals surface area contributed by atoms with Crippen molar-refractivity contribution in [3.8, 4) is 5.75 Å². The third-order valence-electron chi connectivity index (χ3n) is 3.62. The van der Waals surface area contributed by atoms with Crippen molar-refractivity contribution in [3.63, 3.8) is 0 Å². The van der Waals surface area contributed by atoms with Crippen LogP contribution in [0.2, 0.25) is 0 Å². The molecule has 0 atom stereocenters. The van der Waals surface area contributed by atoms with E-state index in [1.807, 2.05) is 38.1 Å². The third-order valence-corrected chi connectivity index (χ3v) is 3.62.